The lowest BCUT2D eigenvalue weighted by atomic mass is 9.95. The van der Waals surface area contributed by atoms with Crippen LogP contribution in [0.2, 0.25) is 0 Å². The van der Waals surface area contributed by atoms with Gasteiger partial charge in [-0.15, -0.1) is 0 Å². The summed E-state index contributed by atoms with van der Waals surface area (Å²) in [5.41, 5.74) is 6.59. The quantitative estimate of drug-likeness (QED) is 0.517. The molecule has 0 bridgehead atoms. The van der Waals surface area contributed by atoms with Crippen LogP contribution in [0.1, 0.15) is 16.7 Å². The maximum absolute atomic E-state index is 3.59. The third-order valence-electron chi connectivity index (χ3n) is 2.92. The van der Waals surface area contributed by atoms with E-state index in [4.69, 9.17) is 0 Å². The lowest BCUT2D eigenvalue weighted by molar-refractivity contribution is 1.33. The average molecular weight is 433 g/mol. The highest BCUT2D eigenvalue weighted by atomic mass is 79.9. The Kier molecular flexibility index (Phi) is 5.46. The zero-order valence-corrected chi connectivity index (χ0v) is 14.6. The van der Waals surface area contributed by atoms with Gasteiger partial charge in [0.15, 0.2) is 0 Å². The summed E-state index contributed by atoms with van der Waals surface area (Å²) in [5.74, 6) is 0. The van der Waals surface area contributed by atoms with E-state index in [1.54, 1.807) is 0 Å². The lowest BCUT2D eigenvalue weighted by Gasteiger charge is -2.12. The highest BCUT2D eigenvalue weighted by molar-refractivity contribution is 9.09. The average Bonchev–Trinajstić information content (AvgIpc) is 2.46. The van der Waals surface area contributed by atoms with Gasteiger partial charge in [-0.3, -0.25) is 0 Å². The fourth-order valence-electron chi connectivity index (χ4n) is 2.00. The summed E-state index contributed by atoms with van der Waals surface area (Å²) in [4.78, 5) is 0. The molecule has 0 saturated heterocycles. The number of hydrogen-bond donors (Lipinski definition) is 0. The van der Waals surface area contributed by atoms with Crippen LogP contribution < -0.4 is 0 Å². The van der Waals surface area contributed by atoms with Gasteiger partial charge in [0.05, 0.1) is 0 Å². The SMILES string of the molecule is BrCc1ccc(-c2ccccc2CBr)c(CBr)c1. The van der Waals surface area contributed by atoms with Gasteiger partial charge in [-0.2, -0.15) is 0 Å². The van der Waals surface area contributed by atoms with Crippen LogP contribution in [0.25, 0.3) is 11.1 Å². The maximum Gasteiger partial charge on any atom is 0.0289 e. The third-order valence-corrected chi connectivity index (χ3v) is 4.78. The standard InChI is InChI=1S/C15H13Br3/c16-8-11-5-6-15(13(7-11)10-18)14-4-2-1-3-12(14)9-17/h1-7H,8-10H2. The summed E-state index contributed by atoms with van der Waals surface area (Å²) in [6.45, 7) is 0. The van der Waals surface area contributed by atoms with Crippen LogP contribution in [0.3, 0.4) is 0 Å². The van der Waals surface area contributed by atoms with Crippen LogP contribution in [-0.4, -0.2) is 0 Å². The number of hydrogen-bond acceptors (Lipinski definition) is 0. The molecule has 0 fully saturated rings. The Hall–Kier alpha value is -0.120. The largest absolute Gasteiger partial charge is 0.0876 e. The second kappa shape index (κ2) is 6.88. The van der Waals surface area contributed by atoms with Gasteiger partial charge in [-0.25, -0.2) is 0 Å². The van der Waals surface area contributed by atoms with Crippen molar-refractivity contribution in [3.63, 3.8) is 0 Å². The number of rotatable bonds is 4. The summed E-state index contributed by atoms with van der Waals surface area (Å²) >= 11 is 10.7. The van der Waals surface area contributed by atoms with Gasteiger partial charge in [0.1, 0.15) is 0 Å². The fraction of sp³-hybridized carbons (Fsp3) is 0.200. The number of halogens is 3. The van der Waals surface area contributed by atoms with Crippen molar-refractivity contribution in [1.82, 2.24) is 0 Å². The second-order valence-corrected chi connectivity index (χ2v) is 5.73. The van der Waals surface area contributed by atoms with Crippen molar-refractivity contribution in [2.24, 2.45) is 0 Å². The van der Waals surface area contributed by atoms with E-state index in [1.807, 2.05) is 0 Å². The van der Waals surface area contributed by atoms with E-state index < -0.39 is 0 Å². The van der Waals surface area contributed by atoms with E-state index in [1.165, 1.54) is 27.8 Å². The van der Waals surface area contributed by atoms with Gasteiger partial charge in [0, 0.05) is 16.0 Å². The Morgan fingerprint density at radius 1 is 0.667 bits per heavy atom. The minimum atomic E-state index is 0.875. The molecule has 0 unspecified atom stereocenters. The van der Waals surface area contributed by atoms with Crippen LogP contribution in [0, 0.1) is 0 Å². The molecular weight excluding hydrogens is 420 g/mol. The smallest absolute Gasteiger partial charge is 0.0289 e. The molecule has 0 heterocycles. The monoisotopic (exact) mass is 430 g/mol. The molecule has 0 aromatic heterocycles. The van der Waals surface area contributed by atoms with E-state index in [0.29, 0.717) is 0 Å². The van der Waals surface area contributed by atoms with Crippen molar-refractivity contribution in [3.05, 3.63) is 59.2 Å². The first-order valence-corrected chi connectivity index (χ1v) is 9.04. The van der Waals surface area contributed by atoms with Gasteiger partial charge in [0.25, 0.3) is 0 Å². The van der Waals surface area contributed by atoms with Crippen LogP contribution in [-0.2, 0) is 16.0 Å². The first-order chi connectivity index (χ1) is 8.80. The van der Waals surface area contributed by atoms with Gasteiger partial charge >= 0.3 is 0 Å². The molecule has 94 valence electrons. The van der Waals surface area contributed by atoms with Crippen molar-refractivity contribution in [1.29, 1.82) is 0 Å². The number of benzene rings is 2. The first kappa shape index (κ1) is 14.3. The van der Waals surface area contributed by atoms with E-state index in [0.717, 1.165) is 16.0 Å². The summed E-state index contributed by atoms with van der Waals surface area (Å²) in [7, 11) is 0. The minimum absolute atomic E-state index is 0.875. The summed E-state index contributed by atoms with van der Waals surface area (Å²) < 4.78 is 0. The molecule has 0 nitrogen and oxygen atoms in total. The van der Waals surface area contributed by atoms with E-state index in [9.17, 15) is 0 Å². The van der Waals surface area contributed by atoms with E-state index in [-0.39, 0.29) is 0 Å². The molecule has 3 heteroatoms. The van der Waals surface area contributed by atoms with E-state index >= 15 is 0 Å². The molecule has 0 N–H and O–H groups in total. The molecule has 2 aromatic rings. The molecule has 0 aliphatic rings. The van der Waals surface area contributed by atoms with Crippen molar-refractivity contribution in [2.75, 3.05) is 0 Å². The topological polar surface area (TPSA) is 0 Å². The van der Waals surface area contributed by atoms with Crippen molar-refractivity contribution in [3.8, 4) is 11.1 Å². The molecule has 18 heavy (non-hydrogen) atoms. The normalized spacial score (nSPS) is 10.6. The van der Waals surface area contributed by atoms with Crippen molar-refractivity contribution >= 4 is 47.8 Å². The highest BCUT2D eigenvalue weighted by Gasteiger charge is 2.08. The zero-order chi connectivity index (χ0) is 13.0. The molecule has 0 atom stereocenters. The molecule has 0 radical (unpaired) electrons. The molecule has 0 aliphatic carbocycles. The molecule has 2 rings (SSSR count). The molecule has 0 saturated carbocycles. The van der Waals surface area contributed by atoms with Gasteiger partial charge < -0.3 is 0 Å². The molecular formula is C15H13Br3. The Labute approximate surface area is 133 Å². The van der Waals surface area contributed by atoms with Gasteiger partial charge in [-0.05, 0) is 27.8 Å². The first-order valence-electron chi connectivity index (χ1n) is 5.68. The summed E-state index contributed by atoms with van der Waals surface area (Å²) in [5, 5.41) is 2.65. The number of alkyl halides is 3. The van der Waals surface area contributed by atoms with E-state index in [2.05, 4.69) is 90.3 Å². The van der Waals surface area contributed by atoms with Crippen LogP contribution >= 0.6 is 47.8 Å². The highest BCUT2D eigenvalue weighted by Crippen LogP contribution is 2.30. The molecule has 0 spiro atoms. The Balaban J connectivity index is 2.56. The Bertz CT molecular complexity index is 535. The molecule has 0 aliphatic heterocycles. The van der Waals surface area contributed by atoms with Crippen molar-refractivity contribution in [2.45, 2.75) is 16.0 Å². The van der Waals surface area contributed by atoms with Crippen LogP contribution in [0.5, 0.6) is 0 Å². The fourth-order valence-corrected chi connectivity index (χ4v) is 3.30. The Morgan fingerprint density at radius 2 is 1.33 bits per heavy atom. The van der Waals surface area contributed by atoms with Gasteiger partial charge in [0.2, 0.25) is 0 Å². The van der Waals surface area contributed by atoms with Crippen LogP contribution in [0.15, 0.2) is 42.5 Å². The van der Waals surface area contributed by atoms with Gasteiger partial charge in [-0.1, -0.05) is 90.3 Å². The minimum Gasteiger partial charge on any atom is -0.0876 e. The lowest BCUT2D eigenvalue weighted by Crippen LogP contribution is -1.92. The predicted molar refractivity (Wildman–Crippen MR) is 89.8 cm³/mol. The summed E-state index contributed by atoms with van der Waals surface area (Å²) in [6, 6.07) is 15.2. The molecule has 0 amide bonds. The predicted octanol–water partition coefficient (Wildman–Crippen LogP) is 6.04. The third kappa shape index (κ3) is 3.06. The summed E-state index contributed by atoms with van der Waals surface area (Å²) in [6.07, 6.45) is 0. The zero-order valence-electron chi connectivity index (χ0n) is 9.80. The maximum atomic E-state index is 3.59. The molecule has 2 aromatic carbocycles. The van der Waals surface area contributed by atoms with Crippen molar-refractivity contribution < 1.29 is 0 Å². The second-order valence-electron chi connectivity index (χ2n) is 4.05. The van der Waals surface area contributed by atoms with Crippen LogP contribution in [0.4, 0.5) is 0 Å². The Morgan fingerprint density at radius 3 is 2.00 bits per heavy atom.